The van der Waals surface area contributed by atoms with Gasteiger partial charge in [0.2, 0.25) is 11.8 Å². The van der Waals surface area contributed by atoms with Gasteiger partial charge in [0.15, 0.2) is 0 Å². The number of carbonyl (C=O) groups is 1. The van der Waals surface area contributed by atoms with Crippen LogP contribution in [0.15, 0.2) is 85.5 Å². The molecule has 1 aromatic heterocycles. The number of hydrogen-bond acceptors (Lipinski definition) is 4. The summed E-state index contributed by atoms with van der Waals surface area (Å²) in [5.74, 6) is 2.93. The predicted octanol–water partition coefficient (Wildman–Crippen LogP) is 5.56. The fourth-order valence-corrected chi connectivity index (χ4v) is 3.58. The van der Waals surface area contributed by atoms with Gasteiger partial charge < -0.3 is 14.4 Å². The van der Waals surface area contributed by atoms with Crippen LogP contribution in [0.5, 0.6) is 23.1 Å². The van der Waals surface area contributed by atoms with E-state index < -0.39 is 0 Å². The molecule has 1 atom stereocenters. The molecule has 1 fully saturated rings. The van der Waals surface area contributed by atoms with Crippen molar-refractivity contribution in [1.82, 2.24) is 9.88 Å². The number of benzene rings is 2. The maximum atomic E-state index is 11.9. The van der Waals surface area contributed by atoms with Gasteiger partial charge in [0.05, 0.1) is 0 Å². The summed E-state index contributed by atoms with van der Waals surface area (Å²) in [5, 5.41) is 0. The maximum absolute atomic E-state index is 11.9. The van der Waals surface area contributed by atoms with Crippen LogP contribution in [-0.2, 0) is 4.79 Å². The van der Waals surface area contributed by atoms with Crippen molar-refractivity contribution in [2.45, 2.75) is 18.8 Å². The Hall–Kier alpha value is -3.60. The summed E-state index contributed by atoms with van der Waals surface area (Å²) in [5.41, 5.74) is 0.943. The number of aromatic nitrogens is 1. The van der Waals surface area contributed by atoms with Crippen LogP contribution in [0.2, 0.25) is 0 Å². The molecule has 0 spiro atoms. The molecule has 4 rings (SSSR count). The van der Waals surface area contributed by atoms with Crippen molar-refractivity contribution in [2.75, 3.05) is 13.1 Å². The van der Waals surface area contributed by atoms with Crippen molar-refractivity contribution in [3.8, 4) is 23.1 Å². The largest absolute Gasteiger partial charge is 0.457 e. The molecule has 0 aliphatic carbocycles. The van der Waals surface area contributed by atoms with E-state index in [4.69, 9.17) is 9.47 Å². The Bertz CT molecular complexity index is 1000. The highest BCUT2D eigenvalue weighted by molar-refractivity contribution is 5.87. The van der Waals surface area contributed by atoms with Gasteiger partial charge in [0.1, 0.15) is 17.2 Å². The quantitative estimate of drug-likeness (QED) is 0.509. The van der Waals surface area contributed by atoms with Crippen LogP contribution < -0.4 is 9.47 Å². The van der Waals surface area contributed by atoms with Crippen molar-refractivity contribution < 1.29 is 14.3 Å². The molecule has 1 saturated heterocycles. The lowest BCUT2D eigenvalue weighted by molar-refractivity contribution is -0.127. The number of amides is 1. The van der Waals surface area contributed by atoms with Crippen molar-refractivity contribution >= 4 is 5.91 Å². The fraction of sp³-hybridized carbons (Fsp3) is 0.200. The smallest absolute Gasteiger partial charge is 0.245 e. The second kappa shape index (κ2) is 9.27. The second-order valence-electron chi connectivity index (χ2n) is 7.22. The van der Waals surface area contributed by atoms with Crippen LogP contribution in [0.4, 0.5) is 0 Å². The number of carbonyl (C=O) groups excluding carboxylic acids is 1. The first kappa shape index (κ1) is 19.7. The summed E-state index contributed by atoms with van der Waals surface area (Å²) in [7, 11) is 0. The van der Waals surface area contributed by atoms with E-state index in [1.54, 1.807) is 0 Å². The number of para-hydroxylation sites is 1. The molecule has 1 aliphatic heterocycles. The predicted molar refractivity (Wildman–Crippen MR) is 116 cm³/mol. The van der Waals surface area contributed by atoms with Crippen LogP contribution >= 0.6 is 0 Å². The molecule has 0 radical (unpaired) electrons. The lowest BCUT2D eigenvalue weighted by Crippen LogP contribution is -2.38. The van der Waals surface area contributed by atoms with Gasteiger partial charge in [0, 0.05) is 30.8 Å². The molecule has 2 aromatic carbocycles. The Morgan fingerprint density at radius 1 is 0.933 bits per heavy atom. The van der Waals surface area contributed by atoms with Crippen LogP contribution in [0.3, 0.4) is 0 Å². The summed E-state index contributed by atoms with van der Waals surface area (Å²) < 4.78 is 11.8. The third-order valence-corrected chi connectivity index (χ3v) is 5.10. The maximum Gasteiger partial charge on any atom is 0.245 e. The minimum Gasteiger partial charge on any atom is -0.457 e. The topological polar surface area (TPSA) is 51.7 Å². The normalized spacial score (nSPS) is 16.0. The summed E-state index contributed by atoms with van der Waals surface area (Å²) in [6.07, 6.45) is 3.34. The minimum atomic E-state index is -0.0232. The molecule has 3 aromatic rings. The number of nitrogens with zero attached hydrogens (tertiary/aromatic N) is 2. The number of rotatable bonds is 6. The van der Waals surface area contributed by atoms with Gasteiger partial charge in [-0.2, -0.15) is 0 Å². The summed E-state index contributed by atoms with van der Waals surface area (Å²) >= 11 is 0. The third kappa shape index (κ3) is 4.87. The Balaban J connectivity index is 1.42. The van der Waals surface area contributed by atoms with E-state index in [1.165, 1.54) is 6.08 Å². The molecule has 1 aliphatic rings. The van der Waals surface area contributed by atoms with Crippen molar-refractivity contribution in [3.05, 3.63) is 91.1 Å². The molecular formula is C25H24N2O3. The molecule has 5 nitrogen and oxygen atoms in total. The summed E-state index contributed by atoms with van der Waals surface area (Å²) in [6, 6.07) is 22.9. The first-order valence-corrected chi connectivity index (χ1v) is 10.1. The molecule has 5 heteroatoms. The van der Waals surface area contributed by atoms with Crippen molar-refractivity contribution in [3.63, 3.8) is 0 Å². The number of likely N-dealkylation sites (tertiary alicyclic amines) is 1. The van der Waals surface area contributed by atoms with Gasteiger partial charge in [0.25, 0.3) is 0 Å². The summed E-state index contributed by atoms with van der Waals surface area (Å²) in [6.45, 7) is 5.02. The van der Waals surface area contributed by atoms with E-state index in [1.807, 2.05) is 77.7 Å². The highest BCUT2D eigenvalue weighted by atomic mass is 16.5. The third-order valence-electron chi connectivity index (χ3n) is 5.10. The second-order valence-corrected chi connectivity index (χ2v) is 7.22. The molecule has 152 valence electrons. The average molecular weight is 400 g/mol. The van der Waals surface area contributed by atoms with Crippen molar-refractivity contribution in [1.29, 1.82) is 0 Å². The molecular weight excluding hydrogens is 376 g/mol. The number of hydrogen-bond donors (Lipinski definition) is 0. The lowest BCUT2D eigenvalue weighted by atomic mass is 9.94. The van der Waals surface area contributed by atoms with Gasteiger partial charge in [-0.25, -0.2) is 4.98 Å². The van der Waals surface area contributed by atoms with E-state index in [9.17, 15) is 4.79 Å². The minimum absolute atomic E-state index is 0.0232. The van der Waals surface area contributed by atoms with Gasteiger partial charge >= 0.3 is 0 Å². The molecule has 0 saturated carbocycles. The molecule has 2 heterocycles. The van der Waals surface area contributed by atoms with E-state index in [0.29, 0.717) is 18.2 Å². The number of piperidine rings is 1. The number of pyridine rings is 1. The average Bonchev–Trinajstić information content (AvgIpc) is 2.81. The zero-order valence-corrected chi connectivity index (χ0v) is 16.7. The molecule has 1 amide bonds. The Kier molecular flexibility index (Phi) is 6.09. The Labute approximate surface area is 176 Å². The van der Waals surface area contributed by atoms with E-state index in [2.05, 4.69) is 11.6 Å². The van der Waals surface area contributed by atoms with E-state index in [0.717, 1.165) is 36.6 Å². The monoisotopic (exact) mass is 400 g/mol. The molecule has 0 N–H and O–H groups in total. The van der Waals surface area contributed by atoms with Crippen LogP contribution in [-0.4, -0.2) is 28.9 Å². The SMILES string of the molecule is C=CC(=O)N1CCCC(c2cccc(Oc3ccc(Oc4ccccc4)cc3)n2)C1. The first-order valence-electron chi connectivity index (χ1n) is 10.1. The van der Waals surface area contributed by atoms with Crippen LogP contribution in [0.1, 0.15) is 24.5 Å². The lowest BCUT2D eigenvalue weighted by Gasteiger charge is -2.31. The zero-order valence-electron chi connectivity index (χ0n) is 16.7. The van der Waals surface area contributed by atoms with Gasteiger partial charge in [-0.15, -0.1) is 0 Å². The summed E-state index contributed by atoms with van der Waals surface area (Å²) in [4.78, 5) is 18.5. The molecule has 1 unspecified atom stereocenters. The van der Waals surface area contributed by atoms with Crippen LogP contribution in [0.25, 0.3) is 0 Å². The van der Waals surface area contributed by atoms with Gasteiger partial charge in [-0.05, 0) is 61.4 Å². The number of ether oxygens (including phenoxy) is 2. The molecule has 30 heavy (non-hydrogen) atoms. The first-order chi connectivity index (χ1) is 14.7. The zero-order chi connectivity index (χ0) is 20.8. The highest BCUT2D eigenvalue weighted by Crippen LogP contribution is 2.29. The Morgan fingerprint density at radius 2 is 1.63 bits per heavy atom. The van der Waals surface area contributed by atoms with Gasteiger partial charge in [-0.1, -0.05) is 30.8 Å². The van der Waals surface area contributed by atoms with E-state index >= 15 is 0 Å². The Morgan fingerprint density at radius 3 is 2.37 bits per heavy atom. The fourth-order valence-electron chi connectivity index (χ4n) is 3.58. The standard InChI is InChI=1S/C25H24N2O3/c1-2-25(28)27-17-7-8-19(18-27)23-11-6-12-24(26-23)30-22-15-13-21(14-16-22)29-20-9-4-3-5-10-20/h2-6,9-16,19H,1,7-8,17-18H2. The van der Waals surface area contributed by atoms with Crippen LogP contribution in [0, 0.1) is 0 Å². The van der Waals surface area contributed by atoms with Gasteiger partial charge in [-0.3, -0.25) is 4.79 Å². The van der Waals surface area contributed by atoms with Crippen molar-refractivity contribution in [2.24, 2.45) is 0 Å². The highest BCUT2D eigenvalue weighted by Gasteiger charge is 2.24. The molecule has 0 bridgehead atoms. The van der Waals surface area contributed by atoms with E-state index in [-0.39, 0.29) is 11.8 Å².